The number of halogens is 2. The lowest BCUT2D eigenvalue weighted by molar-refractivity contribution is -0.134. The summed E-state index contributed by atoms with van der Waals surface area (Å²) in [6.45, 7) is 1.42. The number of carbonyl (C=O) groups excluding carboxylic acids is 2. The summed E-state index contributed by atoms with van der Waals surface area (Å²) in [7, 11) is 0. The fourth-order valence-corrected chi connectivity index (χ4v) is 5.09. The van der Waals surface area contributed by atoms with Crippen molar-refractivity contribution in [3.05, 3.63) is 35.6 Å². The largest absolute Gasteiger partial charge is 0.464 e. The van der Waals surface area contributed by atoms with Crippen molar-refractivity contribution < 1.29 is 22.8 Å². The van der Waals surface area contributed by atoms with Crippen LogP contribution in [0.1, 0.15) is 80.9 Å². The maximum atomic E-state index is 13.8. The minimum Gasteiger partial charge on any atom is -0.464 e. The topological polar surface area (TPSA) is 88.6 Å². The molecular formula is C25H33F2N3O3. The number of rotatable bonds is 9. The van der Waals surface area contributed by atoms with Crippen LogP contribution in [0.5, 0.6) is 0 Å². The number of nitrogens with two attached hydrogens (primary N) is 1. The number of unbranched alkanes of at least 4 members (excludes halogenated alkanes) is 3. The fraction of sp³-hybridized carbons (Fsp3) is 0.600. The first-order valence-corrected chi connectivity index (χ1v) is 12.0. The number of nitrogens with zero attached hydrogens (tertiary/aromatic N) is 1. The summed E-state index contributed by atoms with van der Waals surface area (Å²) in [6, 6.07) is 6.00. The highest BCUT2D eigenvalue weighted by molar-refractivity contribution is 6.02. The summed E-state index contributed by atoms with van der Waals surface area (Å²) in [6.07, 6.45) is 7.14. The molecule has 1 aromatic heterocycles. The zero-order valence-corrected chi connectivity index (χ0v) is 19.0. The van der Waals surface area contributed by atoms with E-state index in [0.29, 0.717) is 38.1 Å². The molecule has 2 aromatic rings. The monoisotopic (exact) mass is 461 g/mol. The first-order chi connectivity index (χ1) is 15.9. The average Bonchev–Trinajstić information content (AvgIpc) is 3.20. The van der Waals surface area contributed by atoms with E-state index in [1.165, 1.54) is 0 Å². The van der Waals surface area contributed by atoms with Gasteiger partial charge in [-0.05, 0) is 43.5 Å². The molecule has 2 amide bonds. The van der Waals surface area contributed by atoms with Gasteiger partial charge in [0.1, 0.15) is 5.58 Å². The van der Waals surface area contributed by atoms with Gasteiger partial charge in [-0.3, -0.25) is 19.8 Å². The quantitative estimate of drug-likeness (QED) is 0.420. The Kier molecular flexibility index (Phi) is 7.44. The van der Waals surface area contributed by atoms with Gasteiger partial charge in [-0.1, -0.05) is 25.3 Å². The van der Waals surface area contributed by atoms with Crippen molar-refractivity contribution >= 4 is 22.8 Å². The summed E-state index contributed by atoms with van der Waals surface area (Å²) >= 11 is 0. The molecule has 0 bridgehead atoms. The molecule has 2 aliphatic heterocycles. The Morgan fingerprint density at radius 2 is 1.91 bits per heavy atom. The third kappa shape index (κ3) is 5.61. The number of likely N-dealkylation sites (tertiary alicyclic amines) is 1. The van der Waals surface area contributed by atoms with Gasteiger partial charge in [0.15, 0.2) is 0 Å². The van der Waals surface area contributed by atoms with Crippen LogP contribution in [0, 0.1) is 0 Å². The summed E-state index contributed by atoms with van der Waals surface area (Å²) < 4.78 is 33.3. The molecule has 2 unspecified atom stereocenters. The molecule has 4 rings (SSSR count). The van der Waals surface area contributed by atoms with Gasteiger partial charge in [0.25, 0.3) is 5.92 Å². The van der Waals surface area contributed by atoms with Crippen molar-refractivity contribution in [2.24, 2.45) is 5.73 Å². The first kappa shape index (κ1) is 23.8. The van der Waals surface area contributed by atoms with Gasteiger partial charge in [-0.15, -0.1) is 0 Å². The predicted molar refractivity (Wildman–Crippen MR) is 122 cm³/mol. The molecule has 2 fully saturated rings. The highest BCUT2D eigenvalue weighted by Crippen LogP contribution is 2.38. The molecule has 8 heteroatoms. The standard InChI is InChI=1S/C25H33F2N3O3/c26-25(27)10-13-30(14-11-25)21(5-3-1-2-4-12-28)17-6-8-22-19(15-17)20(16-33-22)18-7-9-23(31)29-24(18)32/h6,8,15-16,18,21H,1-5,7,9-14,28H2,(H,29,31,32). The molecule has 180 valence electrons. The Balaban J connectivity index is 1.58. The number of alkyl halides is 2. The molecule has 33 heavy (non-hydrogen) atoms. The summed E-state index contributed by atoms with van der Waals surface area (Å²) in [5.41, 5.74) is 8.13. The van der Waals surface area contributed by atoms with E-state index in [0.717, 1.165) is 48.6 Å². The number of benzene rings is 1. The fourth-order valence-electron chi connectivity index (χ4n) is 5.09. The van der Waals surface area contributed by atoms with Crippen LogP contribution >= 0.6 is 0 Å². The number of hydrogen-bond acceptors (Lipinski definition) is 5. The summed E-state index contributed by atoms with van der Waals surface area (Å²) in [5.74, 6) is -3.56. The van der Waals surface area contributed by atoms with Gasteiger partial charge in [-0.2, -0.15) is 0 Å². The van der Waals surface area contributed by atoms with E-state index >= 15 is 0 Å². The van der Waals surface area contributed by atoms with E-state index < -0.39 is 11.8 Å². The maximum Gasteiger partial charge on any atom is 0.250 e. The zero-order valence-electron chi connectivity index (χ0n) is 19.0. The third-order valence-electron chi connectivity index (χ3n) is 7.03. The second kappa shape index (κ2) is 10.3. The first-order valence-electron chi connectivity index (χ1n) is 12.0. The Morgan fingerprint density at radius 1 is 1.15 bits per heavy atom. The molecular weight excluding hydrogens is 428 g/mol. The molecule has 0 spiro atoms. The van der Waals surface area contributed by atoms with Crippen LogP contribution in [0.2, 0.25) is 0 Å². The van der Waals surface area contributed by atoms with Crippen LogP contribution in [-0.2, 0) is 9.59 Å². The number of carbonyl (C=O) groups is 2. The molecule has 2 saturated heterocycles. The smallest absolute Gasteiger partial charge is 0.250 e. The van der Waals surface area contributed by atoms with Crippen molar-refractivity contribution in [3.8, 4) is 0 Å². The predicted octanol–water partition coefficient (Wildman–Crippen LogP) is 4.63. The van der Waals surface area contributed by atoms with Gasteiger partial charge in [0.2, 0.25) is 11.8 Å². The molecule has 3 heterocycles. The van der Waals surface area contributed by atoms with E-state index in [4.69, 9.17) is 10.2 Å². The Hall–Kier alpha value is -2.32. The van der Waals surface area contributed by atoms with Crippen molar-refractivity contribution in [1.82, 2.24) is 10.2 Å². The van der Waals surface area contributed by atoms with Crippen molar-refractivity contribution in [2.45, 2.75) is 75.7 Å². The van der Waals surface area contributed by atoms with Crippen LogP contribution in [0.3, 0.4) is 0 Å². The van der Waals surface area contributed by atoms with Crippen LogP contribution in [-0.4, -0.2) is 42.3 Å². The number of furan rings is 1. The lowest BCUT2D eigenvalue weighted by Crippen LogP contribution is -2.41. The van der Waals surface area contributed by atoms with E-state index in [-0.39, 0.29) is 30.7 Å². The summed E-state index contributed by atoms with van der Waals surface area (Å²) in [4.78, 5) is 26.2. The molecule has 2 aliphatic rings. The van der Waals surface area contributed by atoms with E-state index in [2.05, 4.69) is 16.3 Å². The van der Waals surface area contributed by atoms with Crippen LogP contribution in [0.15, 0.2) is 28.9 Å². The second-order valence-electron chi connectivity index (χ2n) is 9.35. The maximum absolute atomic E-state index is 13.8. The van der Waals surface area contributed by atoms with E-state index in [1.54, 1.807) is 6.26 Å². The number of hydrogen-bond donors (Lipinski definition) is 2. The van der Waals surface area contributed by atoms with Gasteiger partial charge in [0.05, 0.1) is 12.2 Å². The van der Waals surface area contributed by atoms with Crippen LogP contribution in [0.25, 0.3) is 11.0 Å². The Morgan fingerprint density at radius 3 is 2.64 bits per heavy atom. The highest BCUT2D eigenvalue weighted by atomic mass is 19.3. The number of fused-ring (bicyclic) bond motifs is 1. The SMILES string of the molecule is NCCCCCCC(c1ccc2occ(C3CCC(=O)NC3=O)c2c1)N1CCC(F)(F)CC1. The van der Waals surface area contributed by atoms with Crippen LogP contribution in [0.4, 0.5) is 8.78 Å². The lowest BCUT2D eigenvalue weighted by Gasteiger charge is -2.38. The molecule has 1 aromatic carbocycles. The van der Waals surface area contributed by atoms with Gasteiger partial charge in [-0.25, -0.2) is 8.78 Å². The van der Waals surface area contributed by atoms with E-state index in [9.17, 15) is 18.4 Å². The second-order valence-corrected chi connectivity index (χ2v) is 9.35. The number of amides is 2. The number of imide groups is 1. The molecule has 0 aliphatic carbocycles. The van der Waals surface area contributed by atoms with Gasteiger partial charge >= 0.3 is 0 Å². The minimum atomic E-state index is -2.59. The van der Waals surface area contributed by atoms with E-state index in [1.807, 2.05) is 12.1 Å². The van der Waals surface area contributed by atoms with Crippen molar-refractivity contribution in [1.29, 1.82) is 0 Å². The Bertz CT molecular complexity index is 980. The molecule has 3 N–H and O–H groups in total. The Labute approximate surface area is 192 Å². The highest BCUT2D eigenvalue weighted by Gasteiger charge is 2.37. The van der Waals surface area contributed by atoms with Gasteiger partial charge in [0, 0.05) is 49.3 Å². The third-order valence-corrected chi connectivity index (χ3v) is 7.03. The zero-order chi connectivity index (χ0) is 23.4. The average molecular weight is 462 g/mol. The molecule has 2 atom stereocenters. The van der Waals surface area contributed by atoms with Crippen molar-refractivity contribution in [2.75, 3.05) is 19.6 Å². The molecule has 0 radical (unpaired) electrons. The van der Waals surface area contributed by atoms with Gasteiger partial charge < -0.3 is 10.2 Å². The number of piperidine rings is 2. The van der Waals surface area contributed by atoms with Crippen LogP contribution < -0.4 is 11.1 Å². The van der Waals surface area contributed by atoms with Crippen molar-refractivity contribution in [3.63, 3.8) is 0 Å². The number of nitrogens with one attached hydrogen (secondary N) is 1. The molecule has 0 saturated carbocycles. The lowest BCUT2D eigenvalue weighted by atomic mass is 9.88. The minimum absolute atomic E-state index is 0.0351. The summed E-state index contributed by atoms with van der Waals surface area (Å²) in [5, 5.41) is 3.27. The molecule has 6 nitrogen and oxygen atoms in total. The normalized spacial score (nSPS) is 22.5.